The maximum Gasteiger partial charge on any atom is 0.148 e. The smallest absolute Gasteiger partial charge is 0.148 e. The molecule has 3 nitrogen and oxygen atoms in total. The van der Waals surface area contributed by atoms with Crippen LogP contribution in [0.3, 0.4) is 0 Å². The van der Waals surface area contributed by atoms with E-state index in [1.165, 1.54) is 6.20 Å². The summed E-state index contributed by atoms with van der Waals surface area (Å²) in [5.41, 5.74) is 4.00. The van der Waals surface area contributed by atoms with Crippen LogP contribution in [0.15, 0.2) is 48.8 Å². The summed E-state index contributed by atoms with van der Waals surface area (Å²) in [7, 11) is 0. The van der Waals surface area contributed by atoms with Gasteiger partial charge in [-0.05, 0) is 35.9 Å². The number of pyridine rings is 1. The fourth-order valence-electron chi connectivity index (χ4n) is 2.49. The summed E-state index contributed by atoms with van der Waals surface area (Å²) in [5.74, 6) is 0. The first kappa shape index (κ1) is 14.6. The summed E-state index contributed by atoms with van der Waals surface area (Å²) in [6.07, 6.45) is 3.27. The summed E-state index contributed by atoms with van der Waals surface area (Å²) < 4.78 is 0. The van der Waals surface area contributed by atoms with Crippen LogP contribution in [0.2, 0.25) is 15.2 Å². The van der Waals surface area contributed by atoms with Gasteiger partial charge in [0.2, 0.25) is 0 Å². The molecule has 0 saturated heterocycles. The van der Waals surface area contributed by atoms with Gasteiger partial charge in [0.05, 0.1) is 27.8 Å². The quantitative estimate of drug-likeness (QED) is 0.430. The van der Waals surface area contributed by atoms with Crippen LogP contribution < -0.4 is 0 Å². The molecule has 0 aliphatic rings. The van der Waals surface area contributed by atoms with Gasteiger partial charge in [-0.3, -0.25) is 9.97 Å². The van der Waals surface area contributed by atoms with Gasteiger partial charge >= 0.3 is 0 Å². The Hall–Kier alpha value is -1.94. The highest BCUT2D eigenvalue weighted by atomic mass is 35.5. The van der Waals surface area contributed by atoms with Crippen molar-refractivity contribution in [2.45, 2.75) is 0 Å². The molecule has 2 aromatic heterocycles. The molecule has 4 rings (SSSR count). The minimum absolute atomic E-state index is 0.368. The van der Waals surface area contributed by atoms with Crippen molar-refractivity contribution in [1.29, 1.82) is 0 Å². The van der Waals surface area contributed by atoms with E-state index in [1.54, 1.807) is 18.3 Å². The molecular weight excluding hydrogens is 353 g/mol. The number of aromatic nitrogens is 3. The lowest BCUT2D eigenvalue weighted by molar-refractivity contribution is 1.29. The van der Waals surface area contributed by atoms with Crippen LogP contribution in [-0.4, -0.2) is 15.0 Å². The molecular formula is C17H8Cl3N3. The molecule has 0 bridgehead atoms. The molecule has 23 heavy (non-hydrogen) atoms. The Balaban J connectivity index is 1.93. The Kier molecular flexibility index (Phi) is 3.57. The summed E-state index contributed by atoms with van der Waals surface area (Å²) >= 11 is 18.4. The lowest BCUT2D eigenvalue weighted by atomic mass is 10.0. The molecule has 2 heterocycles. The van der Waals surface area contributed by atoms with Gasteiger partial charge in [-0.15, -0.1) is 0 Å². The van der Waals surface area contributed by atoms with Gasteiger partial charge in [0.1, 0.15) is 5.15 Å². The molecule has 0 fully saturated rings. The van der Waals surface area contributed by atoms with Crippen molar-refractivity contribution >= 4 is 56.7 Å². The maximum atomic E-state index is 6.56. The summed E-state index contributed by atoms with van der Waals surface area (Å²) in [4.78, 5) is 13.0. The number of halogens is 3. The Bertz CT molecular complexity index is 1060. The SMILES string of the molecule is Clc1ccc2c(Cl)c(-c3ccc4nc(Cl)cnc4c3)cnc2c1. The highest BCUT2D eigenvalue weighted by Gasteiger charge is 2.10. The summed E-state index contributed by atoms with van der Waals surface area (Å²) in [5, 5.41) is 2.49. The molecule has 0 atom stereocenters. The van der Waals surface area contributed by atoms with Crippen molar-refractivity contribution in [3.05, 3.63) is 64.0 Å². The van der Waals surface area contributed by atoms with Crippen LogP contribution in [0, 0.1) is 0 Å². The van der Waals surface area contributed by atoms with Gasteiger partial charge < -0.3 is 0 Å². The number of nitrogens with zero attached hydrogens (tertiary/aromatic N) is 3. The zero-order valence-electron chi connectivity index (χ0n) is 11.6. The fraction of sp³-hybridized carbons (Fsp3) is 0. The Morgan fingerprint density at radius 1 is 0.739 bits per heavy atom. The number of rotatable bonds is 1. The molecule has 4 aromatic rings. The molecule has 0 amide bonds. The normalized spacial score (nSPS) is 11.3. The second-order valence-corrected chi connectivity index (χ2v) is 6.25. The molecule has 0 unspecified atom stereocenters. The van der Waals surface area contributed by atoms with E-state index in [4.69, 9.17) is 34.8 Å². The second-order valence-electron chi connectivity index (χ2n) is 5.04. The average molecular weight is 361 g/mol. The van der Waals surface area contributed by atoms with Gasteiger partial charge in [0.25, 0.3) is 0 Å². The van der Waals surface area contributed by atoms with Crippen molar-refractivity contribution in [2.75, 3.05) is 0 Å². The summed E-state index contributed by atoms with van der Waals surface area (Å²) in [6, 6.07) is 11.2. The van der Waals surface area contributed by atoms with Gasteiger partial charge in [-0.1, -0.05) is 40.9 Å². The number of fused-ring (bicyclic) bond motifs is 2. The van der Waals surface area contributed by atoms with Crippen molar-refractivity contribution in [3.8, 4) is 11.1 Å². The third-order valence-corrected chi connectivity index (χ3v) is 4.41. The molecule has 6 heteroatoms. The van der Waals surface area contributed by atoms with E-state index in [0.29, 0.717) is 15.2 Å². The Labute approximate surface area is 146 Å². The Morgan fingerprint density at radius 2 is 1.57 bits per heavy atom. The van der Waals surface area contributed by atoms with Crippen LogP contribution in [0.5, 0.6) is 0 Å². The Morgan fingerprint density at radius 3 is 2.43 bits per heavy atom. The third-order valence-electron chi connectivity index (χ3n) is 3.59. The van der Waals surface area contributed by atoms with Crippen molar-refractivity contribution in [3.63, 3.8) is 0 Å². The van der Waals surface area contributed by atoms with Crippen LogP contribution in [0.1, 0.15) is 0 Å². The molecule has 0 N–H and O–H groups in total. The van der Waals surface area contributed by atoms with Gasteiger partial charge in [-0.25, -0.2) is 4.98 Å². The van der Waals surface area contributed by atoms with E-state index in [1.807, 2.05) is 24.3 Å². The molecule has 0 spiro atoms. The molecule has 0 aliphatic carbocycles. The van der Waals surface area contributed by atoms with Crippen molar-refractivity contribution in [1.82, 2.24) is 15.0 Å². The average Bonchev–Trinajstić information content (AvgIpc) is 2.54. The van der Waals surface area contributed by atoms with E-state index in [9.17, 15) is 0 Å². The zero-order valence-corrected chi connectivity index (χ0v) is 13.9. The van der Waals surface area contributed by atoms with E-state index >= 15 is 0 Å². The molecule has 0 saturated carbocycles. The lowest BCUT2D eigenvalue weighted by Crippen LogP contribution is -1.88. The van der Waals surface area contributed by atoms with E-state index in [0.717, 1.165) is 33.1 Å². The predicted octanol–water partition coefficient (Wildman–Crippen LogP) is 5.81. The molecule has 0 radical (unpaired) electrons. The molecule has 2 aromatic carbocycles. The van der Waals surface area contributed by atoms with E-state index in [2.05, 4.69) is 15.0 Å². The maximum absolute atomic E-state index is 6.56. The third kappa shape index (κ3) is 2.61. The van der Waals surface area contributed by atoms with Crippen molar-refractivity contribution in [2.24, 2.45) is 0 Å². The zero-order chi connectivity index (χ0) is 16.0. The largest absolute Gasteiger partial charge is 0.255 e. The predicted molar refractivity (Wildman–Crippen MR) is 95.3 cm³/mol. The van der Waals surface area contributed by atoms with Gasteiger partial charge in [0, 0.05) is 22.2 Å². The first-order valence-corrected chi connectivity index (χ1v) is 7.92. The van der Waals surface area contributed by atoms with Crippen LogP contribution in [-0.2, 0) is 0 Å². The lowest BCUT2D eigenvalue weighted by Gasteiger charge is -2.08. The van der Waals surface area contributed by atoms with E-state index < -0.39 is 0 Å². The highest BCUT2D eigenvalue weighted by molar-refractivity contribution is 6.38. The molecule has 0 aliphatic heterocycles. The minimum atomic E-state index is 0.368. The number of benzene rings is 2. The standard InChI is InChI=1S/C17H8Cl3N3/c18-10-2-3-11-14(6-10)21-7-12(17(11)20)9-1-4-13-15(5-9)22-8-16(19)23-13/h1-8H. The monoisotopic (exact) mass is 359 g/mol. The van der Waals surface area contributed by atoms with Gasteiger partial charge in [-0.2, -0.15) is 0 Å². The fourth-order valence-corrected chi connectivity index (χ4v) is 3.11. The topological polar surface area (TPSA) is 38.7 Å². The molecule has 112 valence electrons. The van der Waals surface area contributed by atoms with Crippen LogP contribution in [0.25, 0.3) is 33.1 Å². The second kappa shape index (κ2) is 5.60. The first-order chi connectivity index (χ1) is 11.1. The highest BCUT2D eigenvalue weighted by Crippen LogP contribution is 2.34. The van der Waals surface area contributed by atoms with Gasteiger partial charge in [0.15, 0.2) is 0 Å². The summed E-state index contributed by atoms with van der Waals surface area (Å²) in [6.45, 7) is 0. The first-order valence-electron chi connectivity index (χ1n) is 6.78. The van der Waals surface area contributed by atoms with E-state index in [-0.39, 0.29) is 0 Å². The minimum Gasteiger partial charge on any atom is -0.255 e. The number of hydrogen-bond acceptors (Lipinski definition) is 3. The van der Waals surface area contributed by atoms with Crippen LogP contribution in [0.4, 0.5) is 0 Å². The van der Waals surface area contributed by atoms with Crippen molar-refractivity contribution < 1.29 is 0 Å². The number of hydrogen-bond donors (Lipinski definition) is 0. The van der Waals surface area contributed by atoms with Crippen LogP contribution >= 0.6 is 34.8 Å².